The van der Waals surface area contributed by atoms with Crippen LogP contribution in [-0.4, -0.2) is 38.9 Å². The van der Waals surface area contributed by atoms with Crippen LogP contribution in [0.1, 0.15) is 0 Å². The highest BCUT2D eigenvalue weighted by atomic mass is 32.2. The molecule has 1 N–H and O–H groups in total. The number of nitro groups is 2. The fraction of sp³-hybridized carbons (Fsp3) is 0.235. The molecule has 0 bridgehead atoms. The number of thioether (sulfide) groups is 2. The molecule has 0 heterocycles. The number of hydrogen-bond acceptors (Lipinski definition) is 7. The lowest BCUT2D eigenvalue weighted by molar-refractivity contribution is -0.396. The van der Waals surface area contributed by atoms with Gasteiger partial charge in [0.25, 0.3) is 11.4 Å². The predicted octanol–water partition coefficient (Wildman–Crippen LogP) is 6.12. The first-order valence-electron chi connectivity index (χ1n) is 8.52. The number of nitrogens with zero attached hydrogens (tertiary/aromatic N) is 2. The minimum Gasteiger partial charge on any atom is -0.325 e. The molecule has 0 radical (unpaired) electrons. The Hall–Kier alpha value is -3.08. The van der Waals surface area contributed by atoms with Gasteiger partial charge in [-0.15, -0.1) is 11.8 Å². The van der Waals surface area contributed by atoms with Crippen molar-refractivity contribution in [2.45, 2.75) is 27.1 Å². The first kappa shape index (κ1) is 27.2. The van der Waals surface area contributed by atoms with Crippen molar-refractivity contribution in [1.82, 2.24) is 0 Å². The number of carbonyl (C=O) groups is 1. The second kappa shape index (κ2) is 10.0. The van der Waals surface area contributed by atoms with Gasteiger partial charge in [0.2, 0.25) is 5.91 Å². The van der Waals surface area contributed by atoms with E-state index in [4.69, 9.17) is 0 Å². The van der Waals surface area contributed by atoms with Crippen LogP contribution in [0, 0.1) is 20.2 Å². The van der Waals surface area contributed by atoms with Crippen molar-refractivity contribution in [3.8, 4) is 0 Å². The van der Waals surface area contributed by atoms with Crippen LogP contribution in [0.2, 0.25) is 0 Å². The van der Waals surface area contributed by atoms with Gasteiger partial charge in [-0.1, -0.05) is 6.07 Å². The van der Waals surface area contributed by atoms with Crippen LogP contribution in [0.5, 0.6) is 0 Å². The van der Waals surface area contributed by atoms with Gasteiger partial charge in [-0.3, -0.25) is 25.0 Å². The van der Waals surface area contributed by atoms with Crippen molar-refractivity contribution in [3.63, 3.8) is 0 Å². The molecule has 2 aromatic carbocycles. The summed E-state index contributed by atoms with van der Waals surface area (Å²) in [6, 6.07) is 6.45. The summed E-state index contributed by atoms with van der Waals surface area (Å²) < 4.78 is 90.1. The van der Waals surface area contributed by atoms with Gasteiger partial charge < -0.3 is 5.32 Å². The number of rotatable bonds is 9. The summed E-state index contributed by atoms with van der Waals surface area (Å²) in [5, 5.41) is 18.5. The minimum absolute atomic E-state index is 0.0934. The Morgan fingerprint density at radius 3 is 2.15 bits per heavy atom. The maximum atomic E-state index is 13.6. The number of benzene rings is 2. The fourth-order valence-electron chi connectivity index (χ4n) is 2.24. The number of alkyl halides is 7. The van der Waals surface area contributed by atoms with E-state index in [9.17, 15) is 55.8 Å². The fourth-order valence-corrected chi connectivity index (χ4v) is 3.92. The zero-order valence-corrected chi connectivity index (χ0v) is 17.8. The average molecular weight is 533 g/mol. The lowest BCUT2D eigenvalue weighted by Crippen LogP contribution is -2.49. The second-order valence-corrected chi connectivity index (χ2v) is 8.43. The smallest absolute Gasteiger partial charge is 0.325 e. The third-order valence-electron chi connectivity index (χ3n) is 3.79. The average Bonchev–Trinajstić information content (AvgIpc) is 2.71. The third-order valence-corrected chi connectivity index (χ3v) is 5.86. The van der Waals surface area contributed by atoms with Crippen LogP contribution in [0.4, 0.5) is 47.8 Å². The second-order valence-electron chi connectivity index (χ2n) is 6.22. The summed E-state index contributed by atoms with van der Waals surface area (Å²) in [6.07, 6.45) is -6.49. The van der Waals surface area contributed by atoms with Gasteiger partial charge in [0.15, 0.2) is 0 Å². The molecule has 0 aromatic heterocycles. The first-order chi connectivity index (χ1) is 15.5. The van der Waals surface area contributed by atoms with Gasteiger partial charge in [0.05, 0.1) is 26.6 Å². The van der Waals surface area contributed by atoms with Crippen LogP contribution in [-0.2, 0) is 4.79 Å². The van der Waals surface area contributed by atoms with Crippen LogP contribution in [0.3, 0.4) is 0 Å². The Morgan fingerprint density at radius 2 is 1.59 bits per heavy atom. The Balaban J connectivity index is 2.09. The molecule has 0 saturated heterocycles. The molecule has 0 saturated carbocycles. The molecule has 184 valence electrons. The number of nitrogens with one attached hydrogen (secondary N) is 1. The summed E-state index contributed by atoms with van der Waals surface area (Å²) in [5.74, 6) is -7.65. The molecule has 0 unspecified atom stereocenters. The standard InChI is InChI=1S/C17H10F7N3O5S2/c18-15(19,16(20,21)22)17(23,24)34-11-3-1-2-9(6-11)25-14(28)8-33-13-5-4-10(26(29)30)7-12(13)27(31)32/h1-7H,8H2,(H,25,28). The lowest BCUT2D eigenvalue weighted by Gasteiger charge is -2.27. The van der Waals surface area contributed by atoms with Crippen molar-refractivity contribution < 1.29 is 45.4 Å². The quantitative estimate of drug-likeness (QED) is 0.179. The molecule has 0 aliphatic rings. The predicted molar refractivity (Wildman–Crippen MR) is 107 cm³/mol. The monoisotopic (exact) mass is 533 g/mol. The third kappa shape index (κ3) is 6.28. The van der Waals surface area contributed by atoms with Crippen LogP contribution in [0.15, 0.2) is 52.3 Å². The molecular formula is C17H10F7N3O5S2. The number of amides is 1. The van der Waals surface area contributed by atoms with E-state index in [1.54, 1.807) is 0 Å². The zero-order chi connectivity index (χ0) is 25.9. The molecule has 8 nitrogen and oxygen atoms in total. The van der Waals surface area contributed by atoms with Crippen LogP contribution in [0.25, 0.3) is 0 Å². The molecule has 0 atom stereocenters. The van der Waals surface area contributed by atoms with Gasteiger partial charge in [-0.05, 0) is 36.0 Å². The Labute approximate surface area is 193 Å². The highest BCUT2D eigenvalue weighted by Gasteiger charge is 2.73. The van der Waals surface area contributed by atoms with Gasteiger partial charge in [-0.25, -0.2) is 0 Å². The number of halogens is 7. The lowest BCUT2D eigenvalue weighted by atomic mass is 10.3. The summed E-state index contributed by atoms with van der Waals surface area (Å²) in [5.41, 5.74) is -1.42. The van der Waals surface area contributed by atoms with E-state index in [1.807, 2.05) is 0 Å². The zero-order valence-electron chi connectivity index (χ0n) is 16.1. The van der Waals surface area contributed by atoms with Crippen molar-refractivity contribution in [2.75, 3.05) is 11.1 Å². The molecule has 2 rings (SSSR count). The van der Waals surface area contributed by atoms with Crippen molar-refractivity contribution in [3.05, 3.63) is 62.7 Å². The number of hydrogen-bond donors (Lipinski definition) is 1. The summed E-state index contributed by atoms with van der Waals surface area (Å²) in [4.78, 5) is 31.4. The molecule has 17 heteroatoms. The molecule has 34 heavy (non-hydrogen) atoms. The van der Waals surface area contributed by atoms with E-state index in [0.29, 0.717) is 17.8 Å². The highest BCUT2D eigenvalue weighted by Crippen LogP contribution is 2.54. The maximum absolute atomic E-state index is 13.6. The molecular weight excluding hydrogens is 523 g/mol. The van der Waals surface area contributed by atoms with E-state index in [0.717, 1.165) is 36.4 Å². The van der Waals surface area contributed by atoms with Crippen LogP contribution < -0.4 is 5.32 Å². The largest absolute Gasteiger partial charge is 0.460 e. The maximum Gasteiger partial charge on any atom is 0.460 e. The molecule has 2 aromatic rings. The van der Waals surface area contributed by atoms with E-state index in [1.165, 1.54) is 0 Å². The first-order valence-corrected chi connectivity index (χ1v) is 10.3. The molecule has 0 aliphatic carbocycles. The van der Waals surface area contributed by atoms with Gasteiger partial charge >= 0.3 is 17.4 Å². The van der Waals surface area contributed by atoms with E-state index in [-0.39, 0.29) is 10.6 Å². The van der Waals surface area contributed by atoms with Crippen molar-refractivity contribution in [1.29, 1.82) is 0 Å². The number of nitro benzene ring substituents is 2. The van der Waals surface area contributed by atoms with Gasteiger partial charge in [0, 0.05) is 16.6 Å². The Morgan fingerprint density at radius 1 is 0.941 bits per heavy atom. The van der Waals surface area contributed by atoms with E-state index < -0.39 is 66.9 Å². The molecule has 0 aliphatic heterocycles. The number of anilines is 1. The van der Waals surface area contributed by atoms with E-state index >= 15 is 0 Å². The van der Waals surface area contributed by atoms with Gasteiger partial charge in [0.1, 0.15) is 0 Å². The highest BCUT2D eigenvalue weighted by molar-refractivity contribution is 8.00. The molecule has 0 spiro atoms. The topological polar surface area (TPSA) is 115 Å². The summed E-state index contributed by atoms with van der Waals surface area (Å²) in [7, 11) is 0. The van der Waals surface area contributed by atoms with Crippen LogP contribution >= 0.6 is 23.5 Å². The summed E-state index contributed by atoms with van der Waals surface area (Å²) >= 11 is -0.432. The summed E-state index contributed by atoms with van der Waals surface area (Å²) in [6.45, 7) is 0. The molecule has 1 amide bonds. The number of non-ortho nitro benzene ring substituents is 1. The van der Waals surface area contributed by atoms with Crippen molar-refractivity contribution >= 4 is 46.5 Å². The van der Waals surface area contributed by atoms with E-state index in [2.05, 4.69) is 5.32 Å². The Bertz CT molecular complexity index is 1120. The Kier molecular flexibility index (Phi) is 8.02. The van der Waals surface area contributed by atoms with Gasteiger partial charge in [-0.2, -0.15) is 30.7 Å². The minimum atomic E-state index is -6.49. The molecule has 0 fully saturated rings. The normalized spacial score (nSPS) is 12.3. The SMILES string of the molecule is O=C(CSc1ccc([N+](=O)[O-])cc1[N+](=O)[O-])Nc1cccc(SC(F)(F)C(F)(F)C(F)(F)F)c1. The van der Waals surface area contributed by atoms with Crippen molar-refractivity contribution in [2.24, 2.45) is 0 Å². The number of carbonyl (C=O) groups excluding carboxylic acids is 1.